The Morgan fingerprint density at radius 3 is 2.95 bits per heavy atom. The summed E-state index contributed by atoms with van der Waals surface area (Å²) in [5, 5.41) is 0. The molecule has 19 heavy (non-hydrogen) atoms. The van der Waals surface area contributed by atoms with E-state index in [9.17, 15) is 0 Å². The molecule has 0 aliphatic rings. The predicted molar refractivity (Wildman–Crippen MR) is 79.2 cm³/mol. The quantitative estimate of drug-likeness (QED) is 0.919. The van der Waals surface area contributed by atoms with Crippen molar-refractivity contribution in [2.75, 3.05) is 7.11 Å². The molecule has 0 fully saturated rings. The van der Waals surface area contributed by atoms with E-state index in [4.69, 9.17) is 10.5 Å². The molecule has 0 saturated carbocycles. The lowest BCUT2D eigenvalue weighted by Crippen LogP contribution is -2.18. The van der Waals surface area contributed by atoms with Gasteiger partial charge in [0.25, 0.3) is 0 Å². The van der Waals surface area contributed by atoms with E-state index in [-0.39, 0.29) is 6.04 Å². The topological polar surface area (TPSA) is 53.1 Å². The predicted octanol–water partition coefficient (Wildman–Crippen LogP) is 3.11. The van der Waals surface area contributed by atoms with Gasteiger partial charge in [0, 0.05) is 29.0 Å². The van der Waals surface area contributed by atoms with Crippen LogP contribution in [0.25, 0.3) is 0 Å². The molecular weight excluding hydrogens is 306 g/mol. The summed E-state index contributed by atoms with van der Waals surface area (Å²) in [6.07, 6.45) is 4.80. The van der Waals surface area contributed by atoms with Crippen molar-refractivity contribution in [1.82, 2.24) is 9.55 Å². The first-order valence-corrected chi connectivity index (χ1v) is 7.06. The minimum Gasteiger partial charge on any atom is -0.496 e. The number of benzene rings is 1. The second-order valence-corrected chi connectivity index (χ2v) is 5.26. The SMILES string of the molecule is CCCn1ccnc1C(N)c1ccc(Br)cc1OC. The van der Waals surface area contributed by atoms with Gasteiger partial charge in [-0.2, -0.15) is 0 Å². The van der Waals surface area contributed by atoms with Crippen LogP contribution in [0.4, 0.5) is 0 Å². The van der Waals surface area contributed by atoms with E-state index in [1.54, 1.807) is 13.3 Å². The second-order valence-electron chi connectivity index (χ2n) is 4.34. The van der Waals surface area contributed by atoms with E-state index in [1.165, 1.54) is 0 Å². The van der Waals surface area contributed by atoms with Crippen LogP contribution >= 0.6 is 15.9 Å². The summed E-state index contributed by atoms with van der Waals surface area (Å²) in [5.41, 5.74) is 7.28. The fourth-order valence-electron chi connectivity index (χ4n) is 2.11. The molecule has 0 saturated heterocycles. The van der Waals surface area contributed by atoms with Crippen LogP contribution in [0.2, 0.25) is 0 Å². The van der Waals surface area contributed by atoms with Crippen molar-refractivity contribution in [1.29, 1.82) is 0 Å². The lowest BCUT2D eigenvalue weighted by Gasteiger charge is -2.17. The van der Waals surface area contributed by atoms with Crippen LogP contribution in [0, 0.1) is 0 Å². The van der Waals surface area contributed by atoms with Crippen LogP contribution in [0.1, 0.15) is 30.8 Å². The van der Waals surface area contributed by atoms with Crippen molar-refractivity contribution in [3.63, 3.8) is 0 Å². The van der Waals surface area contributed by atoms with E-state index >= 15 is 0 Å². The summed E-state index contributed by atoms with van der Waals surface area (Å²) in [6.45, 7) is 3.05. The monoisotopic (exact) mass is 323 g/mol. The average Bonchev–Trinajstić information content (AvgIpc) is 2.86. The third-order valence-electron chi connectivity index (χ3n) is 3.02. The molecule has 5 heteroatoms. The first kappa shape index (κ1) is 14.1. The number of methoxy groups -OCH3 is 1. The van der Waals surface area contributed by atoms with Crippen LogP contribution in [0.15, 0.2) is 35.1 Å². The molecule has 0 radical (unpaired) electrons. The number of imidazole rings is 1. The lowest BCUT2D eigenvalue weighted by atomic mass is 10.1. The van der Waals surface area contributed by atoms with Crippen LogP contribution in [0.5, 0.6) is 5.75 Å². The van der Waals surface area contributed by atoms with Gasteiger partial charge in [0.1, 0.15) is 11.6 Å². The molecule has 102 valence electrons. The highest BCUT2D eigenvalue weighted by Gasteiger charge is 2.18. The Labute approximate surface area is 121 Å². The van der Waals surface area contributed by atoms with E-state index < -0.39 is 0 Å². The molecule has 0 amide bonds. The fourth-order valence-corrected chi connectivity index (χ4v) is 2.45. The smallest absolute Gasteiger partial charge is 0.130 e. The maximum atomic E-state index is 6.34. The summed E-state index contributed by atoms with van der Waals surface area (Å²) in [4.78, 5) is 4.38. The van der Waals surface area contributed by atoms with Crippen LogP contribution in [0.3, 0.4) is 0 Å². The van der Waals surface area contributed by atoms with E-state index in [2.05, 4.69) is 32.4 Å². The molecule has 1 aromatic heterocycles. The number of halogens is 1. The highest BCUT2D eigenvalue weighted by Crippen LogP contribution is 2.30. The molecule has 0 aliphatic carbocycles. The van der Waals surface area contributed by atoms with Crippen molar-refractivity contribution in [3.05, 3.63) is 46.5 Å². The number of aryl methyl sites for hydroxylation is 1. The first-order valence-electron chi connectivity index (χ1n) is 6.27. The van der Waals surface area contributed by atoms with Gasteiger partial charge in [0.05, 0.1) is 13.2 Å². The average molecular weight is 324 g/mol. The molecule has 0 bridgehead atoms. The molecule has 1 atom stereocenters. The Balaban J connectivity index is 2.38. The summed E-state index contributed by atoms with van der Waals surface area (Å²) in [7, 11) is 1.65. The summed E-state index contributed by atoms with van der Waals surface area (Å²) >= 11 is 3.43. The Hall–Kier alpha value is -1.33. The molecular formula is C14H18BrN3O. The normalized spacial score (nSPS) is 12.4. The van der Waals surface area contributed by atoms with Crippen molar-refractivity contribution >= 4 is 15.9 Å². The molecule has 2 N–H and O–H groups in total. The second kappa shape index (κ2) is 6.21. The van der Waals surface area contributed by atoms with Gasteiger partial charge in [0.15, 0.2) is 0 Å². The van der Waals surface area contributed by atoms with Crippen molar-refractivity contribution in [2.45, 2.75) is 25.9 Å². The standard InChI is InChI=1S/C14H18BrN3O/c1-3-7-18-8-6-17-14(18)13(16)11-5-4-10(15)9-12(11)19-2/h4-6,8-9,13H,3,7,16H2,1-2H3. The molecule has 0 spiro atoms. The summed E-state index contributed by atoms with van der Waals surface area (Å²) in [6, 6.07) is 5.57. The first-order chi connectivity index (χ1) is 9.17. The van der Waals surface area contributed by atoms with Gasteiger partial charge in [-0.25, -0.2) is 4.98 Å². The van der Waals surface area contributed by atoms with Crippen molar-refractivity contribution in [2.24, 2.45) is 5.73 Å². The highest BCUT2D eigenvalue weighted by atomic mass is 79.9. The van der Waals surface area contributed by atoms with Gasteiger partial charge in [-0.05, 0) is 18.6 Å². The Bertz CT molecular complexity index is 553. The largest absolute Gasteiger partial charge is 0.496 e. The van der Waals surface area contributed by atoms with Crippen molar-refractivity contribution in [3.8, 4) is 5.75 Å². The summed E-state index contributed by atoms with van der Waals surface area (Å²) in [5.74, 6) is 1.63. The van der Waals surface area contributed by atoms with E-state index in [0.29, 0.717) is 0 Å². The molecule has 2 aromatic rings. The van der Waals surface area contributed by atoms with Crippen LogP contribution in [-0.2, 0) is 6.54 Å². The number of hydrogen-bond acceptors (Lipinski definition) is 3. The molecule has 1 heterocycles. The van der Waals surface area contributed by atoms with Crippen LogP contribution < -0.4 is 10.5 Å². The van der Waals surface area contributed by atoms with Gasteiger partial charge in [0.2, 0.25) is 0 Å². The van der Waals surface area contributed by atoms with Gasteiger partial charge >= 0.3 is 0 Å². The highest BCUT2D eigenvalue weighted by molar-refractivity contribution is 9.10. The zero-order valence-electron chi connectivity index (χ0n) is 11.1. The zero-order chi connectivity index (χ0) is 13.8. The molecule has 4 nitrogen and oxygen atoms in total. The number of aromatic nitrogens is 2. The van der Waals surface area contributed by atoms with Gasteiger partial charge < -0.3 is 15.0 Å². The number of nitrogens with zero attached hydrogens (tertiary/aromatic N) is 2. The van der Waals surface area contributed by atoms with E-state index in [1.807, 2.05) is 24.4 Å². The third kappa shape index (κ3) is 2.98. The Morgan fingerprint density at radius 1 is 1.47 bits per heavy atom. The molecule has 1 unspecified atom stereocenters. The minimum absolute atomic E-state index is 0.287. The van der Waals surface area contributed by atoms with Crippen molar-refractivity contribution < 1.29 is 4.74 Å². The Morgan fingerprint density at radius 2 is 2.26 bits per heavy atom. The maximum absolute atomic E-state index is 6.34. The maximum Gasteiger partial charge on any atom is 0.130 e. The molecule has 2 rings (SSSR count). The fraction of sp³-hybridized carbons (Fsp3) is 0.357. The number of nitrogens with two attached hydrogens (primary N) is 1. The summed E-state index contributed by atoms with van der Waals surface area (Å²) < 4.78 is 8.46. The number of rotatable bonds is 5. The lowest BCUT2D eigenvalue weighted by molar-refractivity contribution is 0.406. The van der Waals surface area contributed by atoms with Gasteiger partial charge in [-0.1, -0.05) is 28.9 Å². The van der Waals surface area contributed by atoms with E-state index in [0.717, 1.165) is 34.6 Å². The third-order valence-corrected chi connectivity index (χ3v) is 3.51. The van der Waals surface area contributed by atoms with Gasteiger partial charge in [-0.3, -0.25) is 0 Å². The number of hydrogen-bond donors (Lipinski definition) is 1. The number of ether oxygens (including phenoxy) is 1. The molecule has 1 aromatic carbocycles. The van der Waals surface area contributed by atoms with Crippen LogP contribution in [-0.4, -0.2) is 16.7 Å². The minimum atomic E-state index is -0.287. The van der Waals surface area contributed by atoms with Gasteiger partial charge in [-0.15, -0.1) is 0 Å². The zero-order valence-corrected chi connectivity index (χ0v) is 12.7. The molecule has 0 aliphatic heterocycles. The Kier molecular flexibility index (Phi) is 4.61.